The quantitative estimate of drug-likeness (QED) is 0.474. The lowest BCUT2D eigenvalue weighted by molar-refractivity contribution is 0.112. The van der Waals surface area contributed by atoms with Crippen LogP contribution in [0, 0.1) is 23.3 Å². The average Bonchev–Trinajstić information content (AvgIpc) is 2.86. The van der Waals surface area contributed by atoms with Gasteiger partial charge in [0.05, 0.1) is 16.8 Å². The molecule has 2 aromatic carbocycles. The lowest BCUT2D eigenvalue weighted by Gasteiger charge is -2.04. The fraction of sp³-hybridized carbons (Fsp3) is 0. The van der Waals surface area contributed by atoms with Gasteiger partial charge in [-0.05, 0) is 40.2 Å². The van der Waals surface area contributed by atoms with Crippen molar-refractivity contribution in [3.05, 3.63) is 69.8 Å². The molecule has 3 rings (SSSR count). The largest absolute Gasteiger partial charge is 0.298 e. The Labute approximate surface area is 141 Å². The number of carbonyl (C=O) groups is 1. The number of carbonyl (C=O) groups excluding carboxylic acids is 1. The van der Waals surface area contributed by atoms with Crippen LogP contribution in [0.5, 0.6) is 0 Å². The first kappa shape index (κ1) is 16.4. The highest BCUT2D eigenvalue weighted by molar-refractivity contribution is 9.10. The molecule has 0 N–H and O–H groups in total. The third kappa shape index (κ3) is 2.62. The fourth-order valence-corrected chi connectivity index (χ4v) is 2.78. The van der Waals surface area contributed by atoms with Crippen LogP contribution in [0.1, 0.15) is 10.4 Å². The summed E-state index contributed by atoms with van der Waals surface area (Å²) >= 11 is 3.10. The van der Waals surface area contributed by atoms with E-state index in [1.54, 1.807) is 0 Å². The third-order valence-corrected chi connectivity index (χ3v) is 4.09. The second kappa shape index (κ2) is 6.20. The second-order valence-electron chi connectivity index (χ2n) is 4.78. The summed E-state index contributed by atoms with van der Waals surface area (Å²) in [4.78, 5) is 11.3. The molecule has 0 aliphatic rings. The first-order valence-corrected chi connectivity index (χ1v) is 7.37. The van der Waals surface area contributed by atoms with Crippen LogP contribution in [0.15, 0.2) is 41.0 Å². The molecule has 0 saturated heterocycles. The Morgan fingerprint density at radius 3 is 2.21 bits per heavy atom. The van der Waals surface area contributed by atoms with Gasteiger partial charge >= 0.3 is 0 Å². The van der Waals surface area contributed by atoms with Crippen molar-refractivity contribution < 1.29 is 22.4 Å². The van der Waals surface area contributed by atoms with Gasteiger partial charge in [0.25, 0.3) is 0 Å². The Hall–Kier alpha value is -2.48. The van der Waals surface area contributed by atoms with Crippen LogP contribution >= 0.6 is 15.9 Å². The average molecular weight is 399 g/mol. The van der Waals surface area contributed by atoms with Crippen molar-refractivity contribution in [3.8, 4) is 16.9 Å². The zero-order valence-electron chi connectivity index (χ0n) is 11.7. The minimum atomic E-state index is -1.12. The van der Waals surface area contributed by atoms with E-state index >= 15 is 0 Å². The number of halogens is 5. The summed E-state index contributed by atoms with van der Waals surface area (Å²) in [6.07, 6.45) is 0.370. The molecule has 0 aliphatic heterocycles. The minimum absolute atomic E-state index is 0.0566. The molecular formula is C16H7BrF4N2O. The van der Waals surface area contributed by atoms with Crippen LogP contribution in [0.2, 0.25) is 0 Å². The molecule has 1 heterocycles. The minimum Gasteiger partial charge on any atom is -0.298 e. The monoisotopic (exact) mass is 398 g/mol. The number of rotatable bonds is 3. The highest BCUT2D eigenvalue weighted by Gasteiger charge is 2.23. The molecule has 8 heteroatoms. The van der Waals surface area contributed by atoms with E-state index in [0.29, 0.717) is 6.29 Å². The van der Waals surface area contributed by atoms with Gasteiger partial charge in [-0.15, -0.1) is 0 Å². The molecule has 0 radical (unpaired) electrons. The SMILES string of the molecule is O=Cc1c(-c2c(F)cccc2F)nn(-c2ccc(F)c(F)c2)c1Br. The second-order valence-corrected chi connectivity index (χ2v) is 5.53. The van der Waals surface area contributed by atoms with Crippen molar-refractivity contribution >= 4 is 22.2 Å². The molecule has 0 aliphatic carbocycles. The predicted octanol–water partition coefficient (Wildman–Crippen LogP) is 4.67. The number of hydrogen-bond donors (Lipinski definition) is 0. The molecule has 3 nitrogen and oxygen atoms in total. The molecule has 0 fully saturated rings. The molecular weight excluding hydrogens is 392 g/mol. The van der Waals surface area contributed by atoms with E-state index in [4.69, 9.17) is 0 Å². The van der Waals surface area contributed by atoms with Crippen LogP contribution in [-0.4, -0.2) is 16.1 Å². The van der Waals surface area contributed by atoms with E-state index in [2.05, 4.69) is 21.0 Å². The van der Waals surface area contributed by atoms with Crippen LogP contribution in [0.25, 0.3) is 16.9 Å². The van der Waals surface area contributed by atoms with E-state index in [1.165, 1.54) is 12.1 Å². The maximum atomic E-state index is 14.0. The van der Waals surface area contributed by atoms with Crippen molar-refractivity contribution in [1.82, 2.24) is 9.78 Å². The van der Waals surface area contributed by atoms with Gasteiger partial charge in [-0.1, -0.05) is 6.07 Å². The van der Waals surface area contributed by atoms with Gasteiger partial charge in [-0.25, -0.2) is 22.2 Å². The van der Waals surface area contributed by atoms with E-state index < -0.39 is 28.8 Å². The smallest absolute Gasteiger partial charge is 0.160 e. The molecule has 0 amide bonds. The van der Waals surface area contributed by atoms with Gasteiger partial charge in [0.2, 0.25) is 0 Å². The highest BCUT2D eigenvalue weighted by Crippen LogP contribution is 2.33. The van der Waals surface area contributed by atoms with Crippen molar-refractivity contribution in [3.63, 3.8) is 0 Å². The Morgan fingerprint density at radius 2 is 1.62 bits per heavy atom. The van der Waals surface area contributed by atoms with Crippen LogP contribution in [-0.2, 0) is 0 Å². The summed E-state index contributed by atoms with van der Waals surface area (Å²) in [6.45, 7) is 0. The topological polar surface area (TPSA) is 34.9 Å². The molecule has 0 spiro atoms. The van der Waals surface area contributed by atoms with Gasteiger partial charge in [0.15, 0.2) is 17.9 Å². The Balaban J connectivity index is 2.27. The first-order valence-electron chi connectivity index (χ1n) is 6.57. The van der Waals surface area contributed by atoms with Crippen molar-refractivity contribution in [2.75, 3.05) is 0 Å². The van der Waals surface area contributed by atoms with Gasteiger partial charge in [-0.3, -0.25) is 4.79 Å². The van der Waals surface area contributed by atoms with Crippen molar-refractivity contribution in [1.29, 1.82) is 0 Å². The molecule has 0 unspecified atom stereocenters. The molecule has 24 heavy (non-hydrogen) atoms. The zero-order valence-corrected chi connectivity index (χ0v) is 13.3. The van der Waals surface area contributed by atoms with Crippen molar-refractivity contribution in [2.24, 2.45) is 0 Å². The van der Waals surface area contributed by atoms with Gasteiger partial charge in [0.1, 0.15) is 21.9 Å². The van der Waals surface area contributed by atoms with E-state index in [0.717, 1.165) is 28.9 Å². The Kier molecular flexibility index (Phi) is 4.23. The molecule has 0 saturated carbocycles. The first-order chi connectivity index (χ1) is 11.4. The van der Waals surface area contributed by atoms with Gasteiger partial charge < -0.3 is 0 Å². The van der Waals surface area contributed by atoms with E-state index in [9.17, 15) is 22.4 Å². The molecule has 0 bridgehead atoms. The molecule has 1 aromatic heterocycles. The third-order valence-electron chi connectivity index (χ3n) is 3.33. The molecule has 122 valence electrons. The maximum Gasteiger partial charge on any atom is 0.160 e. The lowest BCUT2D eigenvalue weighted by Crippen LogP contribution is -1.99. The summed E-state index contributed by atoms with van der Waals surface area (Å²) < 4.78 is 55.6. The summed E-state index contributed by atoms with van der Waals surface area (Å²) in [6, 6.07) is 6.17. The normalized spacial score (nSPS) is 10.9. The molecule has 0 atom stereocenters. The fourth-order valence-electron chi connectivity index (χ4n) is 2.21. The van der Waals surface area contributed by atoms with Gasteiger partial charge in [0, 0.05) is 6.07 Å². The van der Waals surface area contributed by atoms with Crippen LogP contribution in [0.4, 0.5) is 17.6 Å². The van der Waals surface area contributed by atoms with E-state index in [-0.39, 0.29) is 21.5 Å². The number of aromatic nitrogens is 2. The number of benzene rings is 2. The summed E-state index contributed by atoms with van der Waals surface area (Å²) in [5.41, 5.74) is -0.783. The standard InChI is InChI=1S/C16H7BrF4N2O/c17-16-9(7-24)15(14-11(19)2-1-3-12(14)20)22-23(16)8-4-5-10(18)13(21)6-8/h1-7H. The van der Waals surface area contributed by atoms with Gasteiger partial charge in [-0.2, -0.15) is 5.10 Å². The summed E-state index contributed by atoms with van der Waals surface area (Å²) in [7, 11) is 0. The van der Waals surface area contributed by atoms with Crippen LogP contribution in [0.3, 0.4) is 0 Å². The summed E-state index contributed by atoms with van der Waals surface area (Å²) in [5, 5.41) is 3.98. The Bertz CT molecular complexity index is 935. The Morgan fingerprint density at radius 1 is 0.958 bits per heavy atom. The highest BCUT2D eigenvalue weighted by atomic mass is 79.9. The van der Waals surface area contributed by atoms with Crippen molar-refractivity contribution in [2.45, 2.75) is 0 Å². The number of hydrogen-bond acceptors (Lipinski definition) is 2. The van der Waals surface area contributed by atoms with Crippen LogP contribution < -0.4 is 0 Å². The predicted molar refractivity (Wildman–Crippen MR) is 81.9 cm³/mol. The lowest BCUT2D eigenvalue weighted by atomic mass is 10.1. The number of nitrogens with zero attached hydrogens (tertiary/aromatic N) is 2. The zero-order chi connectivity index (χ0) is 17.4. The summed E-state index contributed by atoms with van der Waals surface area (Å²) in [5.74, 6) is -3.99. The van der Waals surface area contributed by atoms with E-state index in [1.807, 2.05) is 0 Å². The molecule has 3 aromatic rings. The number of aldehydes is 1. The maximum absolute atomic E-state index is 14.0.